The number of carbonyl (C=O) groups is 2. The van der Waals surface area contributed by atoms with Crippen LogP contribution in [0.3, 0.4) is 0 Å². The monoisotopic (exact) mass is 548 g/mol. The number of benzene rings is 2. The molecule has 3 heterocycles. The van der Waals surface area contributed by atoms with E-state index in [1.165, 1.54) is 22.6 Å². The summed E-state index contributed by atoms with van der Waals surface area (Å²) in [5.74, 6) is -3.13. The van der Waals surface area contributed by atoms with Crippen LogP contribution in [-0.2, 0) is 25.5 Å². The van der Waals surface area contributed by atoms with Crippen molar-refractivity contribution in [2.24, 2.45) is 17.8 Å². The fourth-order valence-corrected chi connectivity index (χ4v) is 7.22. The van der Waals surface area contributed by atoms with Crippen LogP contribution in [0, 0.1) is 23.6 Å². The van der Waals surface area contributed by atoms with Crippen molar-refractivity contribution in [3.8, 4) is 5.75 Å². The lowest BCUT2D eigenvalue weighted by atomic mass is 9.55. The Morgan fingerprint density at radius 1 is 1.07 bits per heavy atom. The maximum atomic E-state index is 14.2. The number of piperidine rings is 1. The summed E-state index contributed by atoms with van der Waals surface area (Å²) in [6, 6.07) is 14.1. The van der Waals surface area contributed by atoms with E-state index in [4.69, 9.17) is 9.39 Å². The Morgan fingerprint density at radius 2 is 1.82 bits per heavy atom. The number of hydrogen-bond donors (Lipinski definition) is 2. The molecule has 2 aromatic carbocycles. The van der Waals surface area contributed by atoms with Crippen molar-refractivity contribution in [3.63, 3.8) is 0 Å². The van der Waals surface area contributed by atoms with E-state index in [9.17, 15) is 24.1 Å². The van der Waals surface area contributed by atoms with Gasteiger partial charge >= 0.3 is 7.12 Å². The van der Waals surface area contributed by atoms with Crippen LogP contribution in [0.4, 0.5) is 4.39 Å². The van der Waals surface area contributed by atoms with Crippen molar-refractivity contribution < 1.29 is 33.5 Å². The van der Waals surface area contributed by atoms with Crippen molar-refractivity contribution in [2.45, 2.75) is 44.4 Å². The molecular formula is C30H34BFN2O6. The zero-order valence-electron chi connectivity index (χ0n) is 22.5. The number of allylic oxidation sites excluding steroid dienone is 1. The molecule has 10 heteroatoms. The number of phenols is 1. The van der Waals surface area contributed by atoms with Gasteiger partial charge in [0.25, 0.3) is 0 Å². The Hall–Kier alpha value is -3.05. The minimum atomic E-state index is -1.30. The second kappa shape index (κ2) is 11.1. The zero-order valence-corrected chi connectivity index (χ0v) is 22.5. The number of rotatable bonds is 6. The summed E-state index contributed by atoms with van der Waals surface area (Å²) in [4.78, 5) is 31.7. The smallest absolute Gasteiger partial charge is 0.487 e. The van der Waals surface area contributed by atoms with E-state index >= 15 is 0 Å². The van der Waals surface area contributed by atoms with Crippen molar-refractivity contribution in [1.29, 1.82) is 0 Å². The molecule has 2 amide bonds. The summed E-state index contributed by atoms with van der Waals surface area (Å²) in [5.41, 5.74) is 3.10. The van der Waals surface area contributed by atoms with Crippen LogP contribution in [0.25, 0.3) is 0 Å². The highest BCUT2D eigenvalue weighted by Crippen LogP contribution is 2.52. The minimum absolute atomic E-state index is 0.141. The molecule has 6 rings (SSSR count). The Labute approximate surface area is 233 Å². The number of aromatic hydroxyl groups is 1. The molecule has 3 aliphatic heterocycles. The number of phenolic OH excluding ortho intramolecular Hbond substituents is 1. The second-order valence-corrected chi connectivity index (χ2v) is 11.4. The summed E-state index contributed by atoms with van der Waals surface area (Å²) in [5, 5.41) is 20.7. The molecule has 3 saturated heterocycles. The maximum Gasteiger partial charge on any atom is 0.487 e. The molecule has 0 saturated carbocycles. The van der Waals surface area contributed by atoms with Crippen LogP contribution < -0.4 is 0 Å². The third-order valence-electron chi connectivity index (χ3n) is 9.08. The molecule has 2 N–H and O–H groups in total. The molecule has 2 aromatic rings. The second-order valence-electron chi connectivity index (χ2n) is 11.4. The van der Waals surface area contributed by atoms with Gasteiger partial charge in [-0.3, -0.25) is 19.4 Å². The van der Waals surface area contributed by atoms with Gasteiger partial charge in [0.05, 0.1) is 24.5 Å². The predicted octanol–water partition coefficient (Wildman–Crippen LogP) is 3.24. The minimum Gasteiger partial charge on any atom is -0.505 e. The molecule has 40 heavy (non-hydrogen) atoms. The first-order valence-corrected chi connectivity index (χ1v) is 14.0. The Bertz CT molecular complexity index is 1310. The first-order chi connectivity index (χ1) is 19.4. The van der Waals surface area contributed by atoms with Crippen LogP contribution in [0.5, 0.6) is 5.75 Å². The lowest BCUT2D eigenvalue weighted by Crippen LogP contribution is -2.48. The van der Waals surface area contributed by atoms with Gasteiger partial charge < -0.3 is 19.5 Å². The Morgan fingerprint density at radius 3 is 2.52 bits per heavy atom. The number of imide groups is 1. The summed E-state index contributed by atoms with van der Waals surface area (Å²) in [7, 11) is 0.258. The third kappa shape index (κ3) is 4.87. The van der Waals surface area contributed by atoms with Crippen LogP contribution in [0.15, 0.2) is 59.6 Å². The topological polar surface area (TPSA) is 99.5 Å². The summed E-state index contributed by atoms with van der Waals surface area (Å²) < 4.78 is 25.5. The largest absolute Gasteiger partial charge is 0.505 e. The van der Waals surface area contributed by atoms with Crippen LogP contribution in [0.2, 0.25) is 0 Å². The molecule has 3 fully saturated rings. The van der Waals surface area contributed by atoms with Gasteiger partial charge in [-0.1, -0.05) is 36.4 Å². The van der Waals surface area contributed by atoms with E-state index < -0.39 is 42.5 Å². The first-order valence-electron chi connectivity index (χ1n) is 14.0. The van der Waals surface area contributed by atoms with Crippen molar-refractivity contribution in [1.82, 2.24) is 9.80 Å². The van der Waals surface area contributed by atoms with Gasteiger partial charge in [0, 0.05) is 32.8 Å². The highest BCUT2D eigenvalue weighted by atomic mass is 19.1. The lowest BCUT2D eigenvalue weighted by Gasteiger charge is -2.42. The maximum absolute atomic E-state index is 14.2. The third-order valence-corrected chi connectivity index (χ3v) is 9.08. The predicted molar refractivity (Wildman–Crippen MR) is 145 cm³/mol. The van der Waals surface area contributed by atoms with Gasteiger partial charge in [-0.05, 0) is 65.9 Å². The lowest BCUT2D eigenvalue weighted by molar-refractivity contribution is -0.144. The SMILES string of the molecule is COCC1=C2B(O)O[C@H](c3ccc(O)c(F)c3)C[C@H]2[C@H]2C(=O)N(C3CCN(Cc4ccccc4)CC3)C(=O)[C@H]2C1. The van der Waals surface area contributed by atoms with Gasteiger partial charge in [-0.15, -0.1) is 0 Å². The molecule has 8 nitrogen and oxygen atoms in total. The molecule has 0 bridgehead atoms. The molecule has 0 unspecified atom stereocenters. The molecule has 210 valence electrons. The number of amides is 2. The average molecular weight is 548 g/mol. The van der Waals surface area contributed by atoms with Crippen molar-refractivity contribution in [2.75, 3.05) is 26.8 Å². The quantitative estimate of drug-likeness (QED) is 0.423. The van der Waals surface area contributed by atoms with E-state index in [1.54, 1.807) is 13.2 Å². The number of halogens is 1. The molecule has 4 atom stereocenters. The van der Waals surface area contributed by atoms with E-state index in [0.717, 1.165) is 38.0 Å². The van der Waals surface area contributed by atoms with Gasteiger partial charge in [0.1, 0.15) is 0 Å². The van der Waals surface area contributed by atoms with Gasteiger partial charge in [-0.25, -0.2) is 4.39 Å². The number of hydrogen-bond acceptors (Lipinski definition) is 7. The summed E-state index contributed by atoms with van der Waals surface area (Å²) >= 11 is 0. The van der Waals surface area contributed by atoms with Crippen molar-refractivity contribution >= 4 is 18.9 Å². The summed E-state index contributed by atoms with van der Waals surface area (Å²) in [6.45, 7) is 2.67. The first kappa shape index (κ1) is 27.1. The van der Waals surface area contributed by atoms with E-state index in [1.807, 2.05) is 18.2 Å². The van der Waals surface area contributed by atoms with Crippen LogP contribution >= 0.6 is 0 Å². The van der Waals surface area contributed by atoms with Crippen LogP contribution in [-0.4, -0.2) is 71.7 Å². The number of likely N-dealkylation sites (tertiary alicyclic amines) is 2. The fraction of sp³-hybridized carbons (Fsp3) is 0.467. The van der Waals surface area contributed by atoms with E-state index in [-0.39, 0.29) is 24.5 Å². The Kier molecular flexibility index (Phi) is 7.52. The number of fused-ring (bicyclic) bond motifs is 3. The number of methoxy groups -OCH3 is 1. The molecule has 0 spiro atoms. The van der Waals surface area contributed by atoms with E-state index in [2.05, 4.69) is 17.0 Å². The molecule has 0 radical (unpaired) electrons. The number of carbonyl (C=O) groups excluding carboxylic acids is 2. The Balaban J connectivity index is 1.23. The number of nitrogens with zero attached hydrogens (tertiary/aromatic N) is 2. The number of ether oxygens (including phenoxy) is 1. The highest BCUT2D eigenvalue weighted by Gasteiger charge is 2.59. The van der Waals surface area contributed by atoms with Gasteiger partial charge in [0.15, 0.2) is 11.6 Å². The zero-order chi connectivity index (χ0) is 28.0. The van der Waals surface area contributed by atoms with E-state index in [0.29, 0.717) is 23.9 Å². The molecule has 1 aliphatic carbocycles. The van der Waals surface area contributed by atoms with Crippen molar-refractivity contribution in [3.05, 3.63) is 76.5 Å². The standard InChI is InChI=1S/C30H34BFN2O6/c1-39-17-20-13-23-27(22-15-26(40-31(38)28(20)22)19-7-8-25(35)24(32)14-19)30(37)34(29(23)36)21-9-11-33(12-10-21)16-18-5-3-2-4-6-18/h2-8,14,21-23,26-27,35,38H,9-13,15-17H2,1H3/t22-,23-,26-,27+/m0/s1. The molecule has 4 aliphatic rings. The molecule has 0 aromatic heterocycles. The normalized spacial score (nSPS) is 27.8. The van der Waals surface area contributed by atoms with Crippen LogP contribution in [0.1, 0.15) is 42.9 Å². The van der Waals surface area contributed by atoms with Gasteiger partial charge in [-0.2, -0.15) is 0 Å². The average Bonchev–Trinajstić information content (AvgIpc) is 3.20. The highest BCUT2D eigenvalue weighted by molar-refractivity contribution is 6.53. The van der Waals surface area contributed by atoms with Gasteiger partial charge in [0.2, 0.25) is 11.8 Å². The molecular weight excluding hydrogens is 514 g/mol. The summed E-state index contributed by atoms with van der Waals surface area (Å²) in [6.07, 6.45) is 1.41. The fourth-order valence-electron chi connectivity index (χ4n) is 7.22.